The van der Waals surface area contributed by atoms with E-state index in [1.807, 2.05) is 6.92 Å². The summed E-state index contributed by atoms with van der Waals surface area (Å²) < 4.78 is 0. The van der Waals surface area contributed by atoms with Gasteiger partial charge >= 0.3 is 0 Å². The summed E-state index contributed by atoms with van der Waals surface area (Å²) in [6.07, 6.45) is 2.04. The Kier molecular flexibility index (Phi) is 4.80. The number of rotatable bonds is 4. The Labute approximate surface area is 76.5 Å². The molecule has 0 heterocycles. The average molecular weight is 173 g/mol. The van der Waals surface area contributed by atoms with Gasteiger partial charge in [-0.2, -0.15) is 5.06 Å². The van der Waals surface area contributed by atoms with Crippen LogP contribution < -0.4 is 0 Å². The van der Waals surface area contributed by atoms with E-state index in [0.29, 0.717) is 5.41 Å². The molecule has 0 amide bonds. The second kappa shape index (κ2) is 4.83. The molecule has 0 spiro atoms. The summed E-state index contributed by atoms with van der Waals surface area (Å²) >= 11 is 0. The summed E-state index contributed by atoms with van der Waals surface area (Å²) in [6, 6.07) is 0.285. The molecule has 0 fully saturated rings. The van der Waals surface area contributed by atoms with E-state index < -0.39 is 0 Å². The molecular formula is C10H23NO. The second-order valence-electron chi connectivity index (χ2n) is 4.73. The van der Waals surface area contributed by atoms with E-state index in [4.69, 9.17) is 0 Å². The molecule has 0 aliphatic heterocycles. The van der Waals surface area contributed by atoms with Crippen LogP contribution in [0.25, 0.3) is 0 Å². The van der Waals surface area contributed by atoms with Gasteiger partial charge < -0.3 is 5.21 Å². The van der Waals surface area contributed by atoms with Crippen molar-refractivity contribution in [2.24, 2.45) is 5.41 Å². The summed E-state index contributed by atoms with van der Waals surface area (Å²) in [4.78, 5) is 0. The summed E-state index contributed by atoms with van der Waals surface area (Å²) in [5.74, 6) is 0. The zero-order chi connectivity index (χ0) is 9.78. The molecule has 12 heavy (non-hydrogen) atoms. The minimum absolute atomic E-state index is 0.285. The lowest BCUT2D eigenvalue weighted by Crippen LogP contribution is -2.31. The van der Waals surface area contributed by atoms with Gasteiger partial charge in [-0.25, -0.2) is 0 Å². The number of hydroxylamine groups is 2. The van der Waals surface area contributed by atoms with Gasteiger partial charge in [-0.1, -0.05) is 27.7 Å². The van der Waals surface area contributed by atoms with Crippen molar-refractivity contribution in [1.29, 1.82) is 0 Å². The van der Waals surface area contributed by atoms with Crippen molar-refractivity contribution < 1.29 is 5.21 Å². The van der Waals surface area contributed by atoms with Gasteiger partial charge in [-0.05, 0) is 25.2 Å². The normalized spacial score (nSPS) is 15.2. The average Bonchev–Trinajstić information content (AvgIpc) is 1.97. The van der Waals surface area contributed by atoms with Crippen LogP contribution in [0, 0.1) is 5.41 Å². The maximum absolute atomic E-state index is 9.51. The lowest BCUT2D eigenvalue weighted by molar-refractivity contribution is -0.127. The van der Waals surface area contributed by atoms with Crippen molar-refractivity contribution in [2.75, 3.05) is 6.54 Å². The monoisotopic (exact) mass is 173 g/mol. The molecule has 0 unspecified atom stereocenters. The van der Waals surface area contributed by atoms with Crippen LogP contribution in [0.2, 0.25) is 0 Å². The summed E-state index contributed by atoms with van der Waals surface area (Å²) in [5.41, 5.74) is 0.314. The highest BCUT2D eigenvalue weighted by molar-refractivity contribution is 4.64. The highest BCUT2D eigenvalue weighted by atomic mass is 16.5. The molecule has 0 saturated heterocycles. The first-order valence-corrected chi connectivity index (χ1v) is 4.82. The maximum atomic E-state index is 9.51. The van der Waals surface area contributed by atoms with Crippen molar-refractivity contribution in [1.82, 2.24) is 5.06 Å². The summed E-state index contributed by atoms with van der Waals surface area (Å²) in [5, 5.41) is 11.0. The van der Waals surface area contributed by atoms with E-state index in [-0.39, 0.29) is 6.04 Å². The summed E-state index contributed by atoms with van der Waals surface area (Å²) in [6.45, 7) is 11.5. The van der Waals surface area contributed by atoms with Crippen LogP contribution in [-0.2, 0) is 0 Å². The van der Waals surface area contributed by atoms with Gasteiger partial charge in [0, 0.05) is 12.6 Å². The molecule has 0 saturated carbocycles. The highest BCUT2D eigenvalue weighted by Crippen LogP contribution is 2.19. The van der Waals surface area contributed by atoms with E-state index in [1.54, 1.807) is 0 Å². The van der Waals surface area contributed by atoms with Crippen molar-refractivity contribution in [2.45, 2.75) is 53.5 Å². The van der Waals surface area contributed by atoms with Gasteiger partial charge in [0.25, 0.3) is 0 Å². The molecule has 0 aliphatic rings. The van der Waals surface area contributed by atoms with Crippen LogP contribution in [-0.4, -0.2) is 22.9 Å². The Bertz CT molecular complexity index is 117. The van der Waals surface area contributed by atoms with Gasteiger partial charge in [0.1, 0.15) is 0 Å². The SMILES string of the molecule is CC[C@@H](C)N(O)CCC(C)(C)C. The van der Waals surface area contributed by atoms with Gasteiger partial charge in [0.2, 0.25) is 0 Å². The largest absolute Gasteiger partial charge is 0.314 e. The lowest BCUT2D eigenvalue weighted by atomic mass is 9.92. The van der Waals surface area contributed by atoms with E-state index in [0.717, 1.165) is 19.4 Å². The van der Waals surface area contributed by atoms with E-state index in [9.17, 15) is 5.21 Å². The maximum Gasteiger partial charge on any atom is 0.0319 e. The third-order valence-electron chi connectivity index (χ3n) is 2.19. The summed E-state index contributed by atoms with van der Waals surface area (Å²) in [7, 11) is 0. The Morgan fingerprint density at radius 1 is 1.33 bits per heavy atom. The van der Waals surface area contributed by atoms with Gasteiger partial charge in [0.05, 0.1) is 0 Å². The minimum Gasteiger partial charge on any atom is -0.314 e. The fraction of sp³-hybridized carbons (Fsp3) is 1.00. The van der Waals surface area contributed by atoms with Gasteiger partial charge in [-0.3, -0.25) is 0 Å². The Morgan fingerprint density at radius 3 is 2.17 bits per heavy atom. The fourth-order valence-electron chi connectivity index (χ4n) is 0.881. The molecule has 0 aromatic carbocycles. The number of hydrogen-bond acceptors (Lipinski definition) is 2. The molecule has 0 radical (unpaired) electrons. The predicted molar refractivity (Wildman–Crippen MR) is 52.3 cm³/mol. The zero-order valence-corrected chi connectivity index (χ0v) is 9.09. The van der Waals surface area contributed by atoms with Crippen molar-refractivity contribution in [3.8, 4) is 0 Å². The molecule has 0 bridgehead atoms. The molecule has 1 N–H and O–H groups in total. The molecule has 74 valence electrons. The van der Waals surface area contributed by atoms with Crippen LogP contribution in [0.5, 0.6) is 0 Å². The Morgan fingerprint density at radius 2 is 1.83 bits per heavy atom. The number of hydrogen-bond donors (Lipinski definition) is 1. The van der Waals surface area contributed by atoms with Crippen LogP contribution >= 0.6 is 0 Å². The molecular weight excluding hydrogens is 150 g/mol. The van der Waals surface area contributed by atoms with Crippen molar-refractivity contribution in [3.63, 3.8) is 0 Å². The van der Waals surface area contributed by atoms with E-state index in [2.05, 4.69) is 27.7 Å². The standard InChI is InChI=1S/C10H23NO/c1-6-9(2)11(12)8-7-10(3,4)5/h9,12H,6-8H2,1-5H3/t9-/m1/s1. The fourth-order valence-corrected chi connectivity index (χ4v) is 0.881. The zero-order valence-electron chi connectivity index (χ0n) is 9.09. The van der Waals surface area contributed by atoms with Crippen molar-refractivity contribution in [3.05, 3.63) is 0 Å². The molecule has 0 aliphatic carbocycles. The quantitative estimate of drug-likeness (QED) is 0.661. The van der Waals surface area contributed by atoms with Crippen molar-refractivity contribution >= 4 is 0 Å². The third kappa shape index (κ3) is 5.56. The first kappa shape index (κ1) is 11.9. The second-order valence-corrected chi connectivity index (χ2v) is 4.73. The van der Waals surface area contributed by atoms with Crippen LogP contribution in [0.4, 0.5) is 0 Å². The Hall–Kier alpha value is -0.0800. The molecule has 1 atom stereocenters. The molecule has 0 aromatic rings. The molecule has 0 aromatic heterocycles. The van der Waals surface area contributed by atoms with E-state index >= 15 is 0 Å². The van der Waals surface area contributed by atoms with Crippen LogP contribution in [0.1, 0.15) is 47.5 Å². The Balaban J connectivity index is 3.64. The smallest absolute Gasteiger partial charge is 0.0319 e. The minimum atomic E-state index is 0.285. The first-order chi connectivity index (χ1) is 5.37. The van der Waals surface area contributed by atoms with Gasteiger partial charge in [-0.15, -0.1) is 0 Å². The number of nitrogens with zero attached hydrogens (tertiary/aromatic N) is 1. The van der Waals surface area contributed by atoms with Crippen LogP contribution in [0.15, 0.2) is 0 Å². The van der Waals surface area contributed by atoms with Crippen LogP contribution in [0.3, 0.4) is 0 Å². The van der Waals surface area contributed by atoms with Gasteiger partial charge in [0.15, 0.2) is 0 Å². The third-order valence-corrected chi connectivity index (χ3v) is 2.19. The molecule has 0 rings (SSSR count). The molecule has 2 nitrogen and oxygen atoms in total. The topological polar surface area (TPSA) is 23.5 Å². The highest BCUT2D eigenvalue weighted by Gasteiger charge is 2.14. The molecule has 2 heteroatoms. The lowest BCUT2D eigenvalue weighted by Gasteiger charge is -2.25. The van der Waals surface area contributed by atoms with E-state index in [1.165, 1.54) is 5.06 Å². The predicted octanol–water partition coefficient (Wildman–Crippen LogP) is 2.91. The first-order valence-electron chi connectivity index (χ1n) is 4.82.